The largest absolute Gasteiger partial charge is 0.344 e. The third kappa shape index (κ3) is 3.29. The Morgan fingerprint density at radius 3 is 3.11 bits per heavy atom. The maximum absolute atomic E-state index is 12.1. The lowest BCUT2D eigenvalue weighted by molar-refractivity contribution is -0.129. The zero-order chi connectivity index (χ0) is 13.0. The molecule has 0 saturated carbocycles. The van der Waals surface area contributed by atoms with Crippen LogP contribution in [0.5, 0.6) is 0 Å². The number of likely N-dealkylation sites (N-methyl/N-ethyl adjacent to an activating group) is 1. The van der Waals surface area contributed by atoms with Crippen molar-refractivity contribution in [3.8, 4) is 0 Å². The van der Waals surface area contributed by atoms with Crippen molar-refractivity contribution in [2.24, 2.45) is 0 Å². The monoisotopic (exact) mass is 247 g/mol. The highest BCUT2D eigenvalue weighted by molar-refractivity contribution is 5.78. The van der Waals surface area contributed by atoms with Gasteiger partial charge in [-0.15, -0.1) is 0 Å². The van der Waals surface area contributed by atoms with Gasteiger partial charge in [0.15, 0.2) is 0 Å². The summed E-state index contributed by atoms with van der Waals surface area (Å²) >= 11 is 0. The van der Waals surface area contributed by atoms with Gasteiger partial charge in [-0.3, -0.25) is 9.78 Å². The van der Waals surface area contributed by atoms with Gasteiger partial charge >= 0.3 is 0 Å². The van der Waals surface area contributed by atoms with Crippen LogP contribution in [0.1, 0.15) is 24.1 Å². The van der Waals surface area contributed by atoms with Gasteiger partial charge in [-0.05, 0) is 37.9 Å². The fourth-order valence-electron chi connectivity index (χ4n) is 2.33. The summed E-state index contributed by atoms with van der Waals surface area (Å²) in [4.78, 5) is 18.2. The first-order chi connectivity index (χ1) is 8.66. The van der Waals surface area contributed by atoms with Crippen molar-refractivity contribution in [1.29, 1.82) is 0 Å². The molecule has 1 amide bonds. The summed E-state index contributed by atoms with van der Waals surface area (Å²) in [6, 6.07) is 4.35. The van der Waals surface area contributed by atoms with Crippen LogP contribution < -0.4 is 5.32 Å². The van der Waals surface area contributed by atoms with Crippen LogP contribution in [0.4, 0.5) is 0 Å². The van der Waals surface area contributed by atoms with Gasteiger partial charge in [0.05, 0.1) is 12.1 Å². The highest BCUT2D eigenvalue weighted by Crippen LogP contribution is 2.09. The first kappa shape index (κ1) is 13.0. The average Bonchev–Trinajstić information content (AvgIpc) is 2.84. The molecular weight excluding hydrogens is 226 g/mol. The van der Waals surface area contributed by atoms with Gasteiger partial charge in [0.1, 0.15) is 0 Å². The van der Waals surface area contributed by atoms with Gasteiger partial charge in [0.2, 0.25) is 5.91 Å². The molecule has 0 aromatic carbocycles. The van der Waals surface area contributed by atoms with E-state index in [1.165, 1.54) is 12.8 Å². The molecule has 1 N–H and O–H groups in total. The minimum atomic E-state index is 0.144. The second-order valence-corrected chi connectivity index (χ2v) is 5.01. The van der Waals surface area contributed by atoms with Gasteiger partial charge in [-0.2, -0.15) is 0 Å². The van der Waals surface area contributed by atoms with Gasteiger partial charge in [-0.25, -0.2) is 0 Å². The zero-order valence-corrected chi connectivity index (χ0v) is 11.1. The van der Waals surface area contributed by atoms with Crippen LogP contribution in [0.2, 0.25) is 0 Å². The molecule has 4 heteroatoms. The molecule has 2 rings (SSSR count). The molecule has 1 saturated heterocycles. The number of rotatable bonds is 4. The van der Waals surface area contributed by atoms with Crippen molar-refractivity contribution >= 4 is 5.91 Å². The summed E-state index contributed by atoms with van der Waals surface area (Å²) in [5.41, 5.74) is 1.96. The van der Waals surface area contributed by atoms with Crippen LogP contribution in [-0.2, 0) is 11.2 Å². The number of nitrogens with one attached hydrogen (secondary N) is 1. The Hall–Kier alpha value is -1.42. The van der Waals surface area contributed by atoms with Gasteiger partial charge in [0.25, 0.3) is 0 Å². The molecule has 98 valence electrons. The smallest absolute Gasteiger partial charge is 0.228 e. The van der Waals surface area contributed by atoms with E-state index in [1.807, 2.05) is 31.0 Å². The van der Waals surface area contributed by atoms with E-state index in [0.29, 0.717) is 12.5 Å². The van der Waals surface area contributed by atoms with E-state index in [4.69, 9.17) is 0 Å². The van der Waals surface area contributed by atoms with Gasteiger partial charge in [0, 0.05) is 25.8 Å². The quantitative estimate of drug-likeness (QED) is 0.868. The van der Waals surface area contributed by atoms with Crippen LogP contribution in [-0.4, -0.2) is 42.0 Å². The van der Waals surface area contributed by atoms with Crippen molar-refractivity contribution in [2.45, 2.75) is 32.2 Å². The van der Waals surface area contributed by atoms with Crippen LogP contribution in [0.3, 0.4) is 0 Å². The Balaban J connectivity index is 1.89. The predicted octanol–water partition coefficient (Wildman–Crippen LogP) is 1.14. The Kier molecular flexibility index (Phi) is 4.31. The molecule has 0 radical (unpaired) electrons. The lowest BCUT2D eigenvalue weighted by Gasteiger charge is -2.21. The molecule has 2 heterocycles. The summed E-state index contributed by atoms with van der Waals surface area (Å²) in [6.45, 7) is 3.87. The highest BCUT2D eigenvalue weighted by atomic mass is 16.2. The van der Waals surface area contributed by atoms with Gasteiger partial charge in [-0.1, -0.05) is 6.07 Å². The number of aromatic nitrogens is 1. The van der Waals surface area contributed by atoms with Crippen LogP contribution in [0, 0.1) is 6.92 Å². The molecule has 0 bridgehead atoms. The third-order valence-electron chi connectivity index (χ3n) is 3.52. The van der Waals surface area contributed by atoms with E-state index in [2.05, 4.69) is 10.3 Å². The van der Waals surface area contributed by atoms with Crippen LogP contribution in [0.25, 0.3) is 0 Å². The van der Waals surface area contributed by atoms with Crippen molar-refractivity contribution in [3.63, 3.8) is 0 Å². The molecule has 1 atom stereocenters. The Bertz CT molecular complexity index is 413. The number of nitrogens with zero attached hydrogens (tertiary/aromatic N) is 2. The number of hydrogen-bond acceptors (Lipinski definition) is 3. The molecule has 0 spiro atoms. The Morgan fingerprint density at radius 2 is 2.44 bits per heavy atom. The van der Waals surface area contributed by atoms with E-state index in [0.717, 1.165) is 24.3 Å². The third-order valence-corrected chi connectivity index (χ3v) is 3.52. The molecule has 1 aliphatic rings. The van der Waals surface area contributed by atoms with Crippen molar-refractivity contribution in [2.75, 3.05) is 20.1 Å². The van der Waals surface area contributed by atoms with Gasteiger partial charge < -0.3 is 10.2 Å². The summed E-state index contributed by atoms with van der Waals surface area (Å²) in [5.74, 6) is 0.144. The van der Waals surface area contributed by atoms with E-state index >= 15 is 0 Å². The van der Waals surface area contributed by atoms with Crippen LogP contribution in [0.15, 0.2) is 18.3 Å². The van der Waals surface area contributed by atoms with E-state index in [-0.39, 0.29) is 5.91 Å². The van der Waals surface area contributed by atoms with E-state index < -0.39 is 0 Å². The summed E-state index contributed by atoms with van der Waals surface area (Å²) in [6.07, 6.45) is 4.52. The van der Waals surface area contributed by atoms with E-state index in [9.17, 15) is 4.79 Å². The number of aryl methyl sites for hydroxylation is 1. The molecule has 0 aliphatic carbocycles. The fraction of sp³-hybridized carbons (Fsp3) is 0.571. The normalized spacial score (nSPS) is 18.9. The number of carbonyl (C=O) groups excluding carboxylic acids is 1. The summed E-state index contributed by atoms with van der Waals surface area (Å²) in [5, 5.41) is 3.41. The van der Waals surface area contributed by atoms with Crippen molar-refractivity contribution in [3.05, 3.63) is 29.6 Å². The SMILES string of the molecule is Cc1cccnc1CC(=O)N(C)CC1CCCN1. The first-order valence-corrected chi connectivity index (χ1v) is 6.54. The molecule has 1 unspecified atom stereocenters. The second kappa shape index (κ2) is 5.96. The maximum atomic E-state index is 12.1. The molecule has 1 aliphatic heterocycles. The number of hydrogen-bond donors (Lipinski definition) is 1. The minimum Gasteiger partial charge on any atom is -0.344 e. The molecule has 18 heavy (non-hydrogen) atoms. The first-order valence-electron chi connectivity index (χ1n) is 6.54. The maximum Gasteiger partial charge on any atom is 0.228 e. The molecule has 1 aromatic heterocycles. The lowest BCUT2D eigenvalue weighted by atomic mass is 10.1. The number of pyridine rings is 1. The summed E-state index contributed by atoms with van der Waals surface area (Å²) < 4.78 is 0. The van der Waals surface area contributed by atoms with Crippen molar-refractivity contribution in [1.82, 2.24) is 15.2 Å². The summed E-state index contributed by atoms with van der Waals surface area (Å²) in [7, 11) is 1.88. The topological polar surface area (TPSA) is 45.2 Å². The Labute approximate surface area is 108 Å². The predicted molar refractivity (Wildman–Crippen MR) is 71.3 cm³/mol. The number of carbonyl (C=O) groups is 1. The fourth-order valence-corrected chi connectivity index (χ4v) is 2.33. The van der Waals surface area contributed by atoms with Crippen molar-refractivity contribution < 1.29 is 4.79 Å². The highest BCUT2D eigenvalue weighted by Gasteiger charge is 2.19. The van der Waals surface area contributed by atoms with E-state index in [1.54, 1.807) is 6.20 Å². The minimum absolute atomic E-state index is 0.144. The second-order valence-electron chi connectivity index (χ2n) is 5.01. The Morgan fingerprint density at radius 1 is 1.61 bits per heavy atom. The lowest BCUT2D eigenvalue weighted by Crippen LogP contribution is -2.39. The molecule has 1 aromatic rings. The average molecular weight is 247 g/mol. The standard InChI is InChI=1S/C14H21N3O/c1-11-5-3-8-16-13(11)9-14(18)17(2)10-12-6-4-7-15-12/h3,5,8,12,15H,4,6-7,9-10H2,1-2H3. The molecule has 4 nitrogen and oxygen atoms in total. The zero-order valence-electron chi connectivity index (χ0n) is 11.1. The molecule has 1 fully saturated rings. The number of amides is 1. The van der Waals surface area contributed by atoms with Crippen LogP contribution >= 0.6 is 0 Å². The molecular formula is C14H21N3O.